The van der Waals surface area contributed by atoms with E-state index in [0.717, 1.165) is 28.2 Å². The van der Waals surface area contributed by atoms with Gasteiger partial charge in [-0.1, -0.05) is 74.5 Å². The van der Waals surface area contributed by atoms with Crippen molar-refractivity contribution in [2.45, 2.75) is 20.1 Å². The molecule has 3 heteroatoms. The Hall–Kier alpha value is -2.39. The van der Waals surface area contributed by atoms with E-state index < -0.39 is 6.23 Å². The number of aliphatic hydroxyl groups is 1. The highest BCUT2D eigenvalue weighted by Crippen LogP contribution is 2.35. The molecule has 0 spiro atoms. The van der Waals surface area contributed by atoms with Gasteiger partial charge in [0.2, 0.25) is 0 Å². The van der Waals surface area contributed by atoms with Crippen LogP contribution in [0, 0.1) is 5.92 Å². The first-order valence-corrected chi connectivity index (χ1v) is 7.94. The van der Waals surface area contributed by atoms with Crippen molar-refractivity contribution in [3.05, 3.63) is 71.8 Å². The van der Waals surface area contributed by atoms with Crippen LogP contribution in [0.15, 0.2) is 65.7 Å². The maximum absolute atomic E-state index is 10.7. The molecule has 0 bridgehead atoms. The lowest BCUT2D eigenvalue weighted by molar-refractivity contribution is 0.119. The van der Waals surface area contributed by atoms with Crippen molar-refractivity contribution in [2.24, 2.45) is 10.9 Å². The van der Waals surface area contributed by atoms with Gasteiger partial charge >= 0.3 is 0 Å². The van der Waals surface area contributed by atoms with Gasteiger partial charge in [-0.15, -0.1) is 0 Å². The number of hydrogen-bond acceptors (Lipinski definition) is 3. The fourth-order valence-corrected chi connectivity index (χ4v) is 2.89. The zero-order chi connectivity index (χ0) is 16.4. The van der Waals surface area contributed by atoms with Gasteiger partial charge in [-0.25, -0.2) is 4.99 Å². The molecule has 0 saturated heterocycles. The van der Waals surface area contributed by atoms with Crippen LogP contribution in [0.25, 0.3) is 11.4 Å². The second kappa shape index (κ2) is 6.39. The van der Waals surface area contributed by atoms with Gasteiger partial charge in [-0.2, -0.15) is 0 Å². The summed E-state index contributed by atoms with van der Waals surface area (Å²) in [5.41, 5.74) is 4.77. The molecule has 0 aliphatic carbocycles. The molecule has 1 unspecified atom stereocenters. The van der Waals surface area contributed by atoms with Gasteiger partial charge in [-0.05, 0) is 5.92 Å². The zero-order valence-corrected chi connectivity index (χ0v) is 13.8. The Morgan fingerprint density at radius 3 is 1.96 bits per heavy atom. The largest absolute Gasteiger partial charge is 0.368 e. The summed E-state index contributed by atoms with van der Waals surface area (Å²) in [6, 6.07) is 20.3. The Morgan fingerprint density at radius 2 is 1.43 bits per heavy atom. The highest BCUT2D eigenvalue weighted by molar-refractivity contribution is 6.03. The zero-order valence-electron chi connectivity index (χ0n) is 13.8. The van der Waals surface area contributed by atoms with E-state index in [1.54, 1.807) is 0 Å². The number of aliphatic imine (C=N–C) groups is 1. The second-order valence-corrected chi connectivity index (χ2v) is 6.11. The van der Waals surface area contributed by atoms with E-state index in [0.29, 0.717) is 0 Å². The number of hydrogen-bond donors (Lipinski definition) is 1. The molecule has 2 aromatic rings. The van der Waals surface area contributed by atoms with Crippen molar-refractivity contribution >= 4 is 17.1 Å². The Labute approximate surface area is 137 Å². The molecule has 3 rings (SSSR count). The first-order valence-electron chi connectivity index (χ1n) is 7.94. The molecule has 0 aromatic heterocycles. The van der Waals surface area contributed by atoms with Gasteiger partial charge in [0, 0.05) is 18.2 Å². The minimum absolute atomic E-state index is 0.184. The fourth-order valence-electron chi connectivity index (χ4n) is 2.89. The van der Waals surface area contributed by atoms with Gasteiger partial charge in [0.1, 0.15) is 0 Å². The quantitative estimate of drug-likeness (QED) is 0.934. The average Bonchev–Trinajstić information content (AvgIpc) is 2.58. The van der Waals surface area contributed by atoms with E-state index in [4.69, 9.17) is 4.99 Å². The van der Waals surface area contributed by atoms with Crippen LogP contribution < -0.4 is 0 Å². The van der Waals surface area contributed by atoms with Crippen molar-refractivity contribution < 1.29 is 5.11 Å². The van der Waals surface area contributed by atoms with Gasteiger partial charge in [0.25, 0.3) is 0 Å². The van der Waals surface area contributed by atoms with Crippen LogP contribution in [0.3, 0.4) is 0 Å². The van der Waals surface area contributed by atoms with Gasteiger partial charge in [-0.3, -0.25) is 0 Å². The maximum Gasteiger partial charge on any atom is 0.166 e. The third-order valence-corrected chi connectivity index (χ3v) is 4.14. The third-order valence-electron chi connectivity index (χ3n) is 4.14. The fraction of sp³-hybridized carbons (Fsp3) is 0.250. The minimum Gasteiger partial charge on any atom is -0.368 e. The van der Waals surface area contributed by atoms with Crippen LogP contribution >= 0.6 is 0 Å². The van der Waals surface area contributed by atoms with Gasteiger partial charge < -0.3 is 10.0 Å². The molecule has 1 heterocycles. The van der Waals surface area contributed by atoms with Gasteiger partial charge in [0.15, 0.2) is 6.23 Å². The third kappa shape index (κ3) is 2.92. The summed E-state index contributed by atoms with van der Waals surface area (Å²) in [5.74, 6) is 0.184. The lowest BCUT2D eigenvalue weighted by Gasteiger charge is -2.35. The molecule has 1 atom stereocenters. The maximum atomic E-state index is 10.7. The lowest BCUT2D eigenvalue weighted by Crippen LogP contribution is -2.42. The molecule has 0 fully saturated rings. The topological polar surface area (TPSA) is 35.8 Å². The average molecular weight is 306 g/mol. The predicted octanol–water partition coefficient (Wildman–Crippen LogP) is 3.87. The molecular formula is C20H22N2O. The molecule has 2 aromatic carbocycles. The molecule has 118 valence electrons. The lowest BCUT2D eigenvalue weighted by atomic mass is 9.98. The Bertz CT molecular complexity index is 733. The predicted molar refractivity (Wildman–Crippen MR) is 95.7 cm³/mol. The summed E-state index contributed by atoms with van der Waals surface area (Å²) in [4.78, 5) is 6.76. The first-order chi connectivity index (χ1) is 11.1. The molecular weight excluding hydrogens is 284 g/mol. The van der Waals surface area contributed by atoms with Crippen LogP contribution in [0.5, 0.6) is 0 Å². The van der Waals surface area contributed by atoms with E-state index in [2.05, 4.69) is 38.1 Å². The first kappa shape index (κ1) is 15.5. The molecule has 0 amide bonds. The van der Waals surface area contributed by atoms with E-state index in [1.807, 2.05) is 48.3 Å². The summed E-state index contributed by atoms with van der Waals surface area (Å²) in [6.45, 7) is 4.12. The summed E-state index contributed by atoms with van der Waals surface area (Å²) in [5, 5.41) is 10.7. The second-order valence-electron chi connectivity index (χ2n) is 6.11. The Kier molecular flexibility index (Phi) is 4.30. The SMILES string of the molecule is CC(C)C1=NC(c2ccccc2)=C(c2ccccc2)N(C)C1O. The van der Waals surface area contributed by atoms with Crippen LogP contribution in [-0.4, -0.2) is 29.0 Å². The summed E-state index contributed by atoms with van der Waals surface area (Å²) >= 11 is 0. The standard InChI is InChI=1S/C20H22N2O/c1-14(2)17-20(23)22(3)19(16-12-8-5-9-13-16)18(21-17)15-10-6-4-7-11-15/h4-14,20,23H,1-3H3. The molecule has 0 radical (unpaired) electrons. The van der Waals surface area contributed by atoms with Crippen molar-refractivity contribution in [2.75, 3.05) is 7.05 Å². The number of rotatable bonds is 3. The molecule has 1 aliphatic heterocycles. The smallest absolute Gasteiger partial charge is 0.166 e. The summed E-state index contributed by atoms with van der Waals surface area (Å²) in [6.07, 6.45) is -0.697. The van der Waals surface area contributed by atoms with E-state index in [1.165, 1.54) is 0 Å². The van der Waals surface area contributed by atoms with E-state index >= 15 is 0 Å². The van der Waals surface area contributed by atoms with Crippen LogP contribution in [0.4, 0.5) is 0 Å². The van der Waals surface area contributed by atoms with E-state index in [-0.39, 0.29) is 5.92 Å². The number of aliphatic hydroxyl groups excluding tert-OH is 1. The van der Waals surface area contributed by atoms with Crippen LogP contribution in [0.2, 0.25) is 0 Å². The minimum atomic E-state index is -0.697. The monoisotopic (exact) mass is 306 g/mol. The Balaban J connectivity index is 2.25. The summed E-state index contributed by atoms with van der Waals surface area (Å²) in [7, 11) is 1.92. The molecule has 1 aliphatic rings. The van der Waals surface area contributed by atoms with Crippen molar-refractivity contribution in [1.29, 1.82) is 0 Å². The molecule has 3 nitrogen and oxygen atoms in total. The Morgan fingerprint density at radius 1 is 0.913 bits per heavy atom. The van der Waals surface area contributed by atoms with Crippen molar-refractivity contribution in [3.63, 3.8) is 0 Å². The van der Waals surface area contributed by atoms with Gasteiger partial charge in [0.05, 0.1) is 17.1 Å². The van der Waals surface area contributed by atoms with Crippen molar-refractivity contribution in [3.8, 4) is 0 Å². The highest BCUT2D eigenvalue weighted by atomic mass is 16.3. The van der Waals surface area contributed by atoms with Crippen LogP contribution in [0.1, 0.15) is 25.0 Å². The molecule has 23 heavy (non-hydrogen) atoms. The number of benzene rings is 2. The number of nitrogens with zero attached hydrogens (tertiary/aromatic N) is 2. The normalized spacial score (nSPS) is 18.4. The summed E-state index contributed by atoms with van der Waals surface area (Å²) < 4.78 is 0. The highest BCUT2D eigenvalue weighted by Gasteiger charge is 2.30. The van der Waals surface area contributed by atoms with E-state index in [9.17, 15) is 5.11 Å². The molecule has 0 saturated carbocycles. The molecule has 1 N–H and O–H groups in total. The van der Waals surface area contributed by atoms with Crippen LogP contribution in [-0.2, 0) is 0 Å². The van der Waals surface area contributed by atoms with Crippen molar-refractivity contribution in [1.82, 2.24) is 4.90 Å².